The molecule has 2 heterocycles. The minimum atomic E-state index is 0.201. The Morgan fingerprint density at radius 2 is 2.32 bits per heavy atom. The van der Waals surface area contributed by atoms with Crippen LogP contribution < -0.4 is 10.1 Å². The number of rotatable bonds is 6. The van der Waals surface area contributed by atoms with Crippen LogP contribution in [0.2, 0.25) is 0 Å². The first-order valence-corrected chi connectivity index (χ1v) is 7.12. The van der Waals surface area contributed by atoms with Crippen molar-refractivity contribution in [1.82, 2.24) is 10.3 Å². The highest BCUT2D eigenvalue weighted by Gasteiger charge is 2.30. The summed E-state index contributed by atoms with van der Waals surface area (Å²) in [6.07, 6.45) is 7.56. The third-order valence-corrected chi connectivity index (χ3v) is 3.58. The van der Waals surface area contributed by atoms with Gasteiger partial charge in [0.25, 0.3) is 0 Å². The zero-order chi connectivity index (χ0) is 13.7. The van der Waals surface area contributed by atoms with Crippen molar-refractivity contribution >= 4 is 0 Å². The SMILES string of the molecule is CCCNC(c1cncc(OC)c1)C1CCC(C)O1. The molecule has 1 aliphatic rings. The zero-order valence-electron chi connectivity index (χ0n) is 12.1. The largest absolute Gasteiger partial charge is 0.495 e. The predicted molar refractivity (Wildman–Crippen MR) is 75.4 cm³/mol. The Morgan fingerprint density at radius 3 is 2.95 bits per heavy atom. The Labute approximate surface area is 115 Å². The smallest absolute Gasteiger partial charge is 0.137 e. The van der Waals surface area contributed by atoms with Gasteiger partial charge in [0.1, 0.15) is 5.75 Å². The Hall–Kier alpha value is -1.13. The summed E-state index contributed by atoms with van der Waals surface area (Å²) in [7, 11) is 1.67. The summed E-state index contributed by atoms with van der Waals surface area (Å²) in [5.41, 5.74) is 1.15. The lowest BCUT2D eigenvalue weighted by Crippen LogP contribution is -2.32. The molecule has 3 unspecified atom stereocenters. The fourth-order valence-corrected chi connectivity index (χ4v) is 2.56. The summed E-state index contributed by atoms with van der Waals surface area (Å²) < 4.78 is 11.3. The van der Waals surface area contributed by atoms with Crippen LogP contribution in [-0.4, -0.2) is 30.8 Å². The summed E-state index contributed by atoms with van der Waals surface area (Å²) in [6.45, 7) is 5.29. The number of hydrogen-bond acceptors (Lipinski definition) is 4. The van der Waals surface area contributed by atoms with Crippen LogP contribution in [0, 0.1) is 0 Å². The van der Waals surface area contributed by atoms with Crippen LogP contribution in [0.1, 0.15) is 44.7 Å². The molecule has 0 aliphatic carbocycles. The van der Waals surface area contributed by atoms with Gasteiger partial charge in [0.05, 0.1) is 31.6 Å². The van der Waals surface area contributed by atoms with E-state index in [-0.39, 0.29) is 12.1 Å². The fraction of sp³-hybridized carbons (Fsp3) is 0.667. The van der Waals surface area contributed by atoms with Crippen LogP contribution in [-0.2, 0) is 4.74 Å². The van der Waals surface area contributed by atoms with Gasteiger partial charge in [-0.15, -0.1) is 0 Å². The van der Waals surface area contributed by atoms with Crippen molar-refractivity contribution in [2.45, 2.75) is 51.4 Å². The van der Waals surface area contributed by atoms with Crippen molar-refractivity contribution in [2.24, 2.45) is 0 Å². The monoisotopic (exact) mass is 264 g/mol. The average molecular weight is 264 g/mol. The van der Waals surface area contributed by atoms with Crippen LogP contribution in [0.25, 0.3) is 0 Å². The first kappa shape index (κ1) is 14.3. The van der Waals surface area contributed by atoms with Gasteiger partial charge in [-0.3, -0.25) is 4.98 Å². The molecule has 106 valence electrons. The second-order valence-electron chi connectivity index (χ2n) is 5.15. The maximum Gasteiger partial charge on any atom is 0.137 e. The van der Waals surface area contributed by atoms with Crippen molar-refractivity contribution in [2.75, 3.05) is 13.7 Å². The highest BCUT2D eigenvalue weighted by atomic mass is 16.5. The maximum atomic E-state index is 6.02. The summed E-state index contributed by atoms with van der Waals surface area (Å²) in [5, 5.41) is 3.58. The van der Waals surface area contributed by atoms with Gasteiger partial charge in [0.15, 0.2) is 0 Å². The summed E-state index contributed by atoms with van der Waals surface area (Å²) in [4.78, 5) is 4.25. The second-order valence-corrected chi connectivity index (χ2v) is 5.15. The average Bonchev–Trinajstić information content (AvgIpc) is 2.86. The standard InChI is InChI=1S/C15H24N2O2/c1-4-7-17-15(14-6-5-11(2)19-14)12-8-13(18-3)10-16-9-12/h8-11,14-15,17H,4-7H2,1-3H3. The summed E-state index contributed by atoms with van der Waals surface area (Å²) >= 11 is 0. The molecule has 0 amide bonds. The third kappa shape index (κ3) is 3.67. The molecule has 1 aliphatic heterocycles. The molecular weight excluding hydrogens is 240 g/mol. The van der Waals surface area contributed by atoms with E-state index < -0.39 is 0 Å². The Balaban J connectivity index is 2.15. The van der Waals surface area contributed by atoms with Gasteiger partial charge in [-0.05, 0) is 44.4 Å². The van der Waals surface area contributed by atoms with E-state index >= 15 is 0 Å². The Kier molecular flexibility index (Phi) is 5.16. The second kappa shape index (κ2) is 6.87. The molecule has 0 saturated carbocycles. The molecule has 0 aromatic carbocycles. The van der Waals surface area contributed by atoms with Crippen molar-refractivity contribution in [1.29, 1.82) is 0 Å². The molecule has 1 saturated heterocycles. The number of nitrogens with one attached hydrogen (secondary N) is 1. The number of methoxy groups -OCH3 is 1. The first-order chi connectivity index (χ1) is 9.24. The van der Waals surface area contributed by atoms with E-state index in [0.717, 1.165) is 37.1 Å². The lowest BCUT2D eigenvalue weighted by molar-refractivity contribution is 0.0315. The third-order valence-electron chi connectivity index (χ3n) is 3.58. The summed E-state index contributed by atoms with van der Waals surface area (Å²) in [6, 6.07) is 2.25. The Morgan fingerprint density at radius 1 is 1.47 bits per heavy atom. The summed E-state index contributed by atoms with van der Waals surface area (Å²) in [5.74, 6) is 0.798. The van der Waals surface area contributed by atoms with Crippen molar-refractivity contribution in [3.05, 3.63) is 24.0 Å². The minimum Gasteiger partial charge on any atom is -0.495 e. The molecule has 4 heteroatoms. The molecule has 1 N–H and O–H groups in total. The van der Waals surface area contributed by atoms with E-state index in [1.165, 1.54) is 0 Å². The van der Waals surface area contributed by atoms with Gasteiger partial charge in [0.2, 0.25) is 0 Å². The first-order valence-electron chi connectivity index (χ1n) is 7.12. The van der Waals surface area contributed by atoms with Crippen molar-refractivity contribution in [3.63, 3.8) is 0 Å². The number of pyridine rings is 1. The number of aromatic nitrogens is 1. The normalized spacial score (nSPS) is 24.4. The van der Waals surface area contributed by atoms with Crippen molar-refractivity contribution < 1.29 is 9.47 Å². The van der Waals surface area contributed by atoms with Crippen molar-refractivity contribution in [3.8, 4) is 5.75 Å². The minimum absolute atomic E-state index is 0.201. The molecule has 19 heavy (non-hydrogen) atoms. The van der Waals surface area contributed by atoms with E-state index in [1.54, 1.807) is 13.3 Å². The van der Waals surface area contributed by atoms with Gasteiger partial charge in [0, 0.05) is 6.20 Å². The van der Waals surface area contributed by atoms with Gasteiger partial charge in [-0.1, -0.05) is 6.92 Å². The maximum absolute atomic E-state index is 6.02. The van der Waals surface area contributed by atoms with Gasteiger partial charge < -0.3 is 14.8 Å². The van der Waals surface area contributed by atoms with Gasteiger partial charge in [-0.25, -0.2) is 0 Å². The quantitative estimate of drug-likeness (QED) is 0.858. The van der Waals surface area contributed by atoms with Crippen LogP contribution in [0.4, 0.5) is 0 Å². The van der Waals surface area contributed by atoms with Crippen LogP contribution in [0.5, 0.6) is 5.75 Å². The molecule has 0 radical (unpaired) electrons. The van der Waals surface area contributed by atoms with Gasteiger partial charge in [-0.2, -0.15) is 0 Å². The molecule has 1 aromatic rings. The predicted octanol–water partition coefficient (Wildman–Crippen LogP) is 2.70. The van der Waals surface area contributed by atoms with E-state index in [1.807, 2.05) is 12.3 Å². The van der Waals surface area contributed by atoms with Crippen LogP contribution >= 0.6 is 0 Å². The molecule has 0 bridgehead atoms. The van der Waals surface area contributed by atoms with E-state index in [4.69, 9.17) is 9.47 Å². The van der Waals surface area contributed by atoms with E-state index in [2.05, 4.69) is 24.1 Å². The van der Waals surface area contributed by atoms with E-state index in [9.17, 15) is 0 Å². The lowest BCUT2D eigenvalue weighted by Gasteiger charge is -2.25. The number of hydrogen-bond donors (Lipinski definition) is 1. The highest BCUT2D eigenvalue weighted by molar-refractivity contribution is 5.27. The molecule has 4 nitrogen and oxygen atoms in total. The van der Waals surface area contributed by atoms with Crippen LogP contribution in [0.3, 0.4) is 0 Å². The topological polar surface area (TPSA) is 43.4 Å². The molecule has 1 fully saturated rings. The molecule has 0 spiro atoms. The van der Waals surface area contributed by atoms with Gasteiger partial charge >= 0.3 is 0 Å². The Bertz CT molecular complexity index is 397. The molecule has 1 aromatic heterocycles. The molecule has 2 rings (SSSR count). The zero-order valence-corrected chi connectivity index (χ0v) is 12.1. The highest BCUT2D eigenvalue weighted by Crippen LogP contribution is 2.31. The number of nitrogens with zero attached hydrogens (tertiary/aromatic N) is 1. The fourth-order valence-electron chi connectivity index (χ4n) is 2.56. The molecule has 3 atom stereocenters. The lowest BCUT2D eigenvalue weighted by atomic mass is 10.0. The van der Waals surface area contributed by atoms with Crippen LogP contribution in [0.15, 0.2) is 18.5 Å². The number of ether oxygens (including phenoxy) is 2. The molecular formula is C15H24N2O2. The van der Waals surface area contributed by atoms with E-state index in [0.29, 0.717) is 6.10 Å².